The molecule has 1 aromatic rings. The maximum absolute atomic E-state index is 12.1. The largest absolute Gasteiger partial charge is 0.495 e. The lowest BCUT2D eigenvalue weighted by atomic mass is 9.85. The maximum atomic E-state index is 12.1. The summed E-state index contributed by atoms with van der Waals surface area (Å²) in [4.78, 5) is 32.2. The molecule has 0 saturated heterocycles. The van der Waals surface area contributed by atoms with Gasteiger partial charge in [0.15, 0.2) is 0 Å². The predicted molar refractivity (Wildman–Crippen MR) is 102 cm³/mol. The minimum absolute atomic E-state index is 0.287. The van der Waals surface area contributed by atoms with Crippen LogP contribution in [0.3, 0.4) is 0 Å². The summed E-state index contributed by atoms with van der Waals surface area (Å²) in [6, 6.07) is 3.82. The van der Waals surface area contributed by atoms with Gasteiger partial charge in [-0.1, -0.05) is 17.7 Å². The van der Waals surface area contributed by atoms with E-state index in [0.29, 0.717) is 10.8 Å². The van der Waals surface area contributed by atoms with Gasteiger partial charge in [-0.25, -0.2) is 4.79 Å². The summed E-state index contributed by atoms with van der Waals surface area (Å²) in [7, 11) is 1.52. The molecule has 0 bridgehead atoms. The molecule has 2 atom stereocenters. The molecule has 8 nitrogen and oxygen atoms in total. The first-order valence-corrected chi connectivity index (χ1v) is 8.83. The van der Waals surface area contributed by atoms with Crippen LogP contribution in [0.25, 0.3) is 0 Å². The van der Waals surface area contributed by atoms with Gasteiger partial charge in [0.05, 0.1) is 23.6 Å². The van der Waals surface area contributed by atoms with Gasteiger partial charge in [-0.2, -0.15) is 13.2 Å². The molecule has 0 aliphatic carbocycles. The number of nitrogens with one attached hydrogen (secondary N) is 1. The number of carbonyl (C=O) groups excluding carboxylic acids is 1. The van der Waals surface area contributed by atoms with Crippen molar-refractivity contribution in [3.8, 4) is 5.75 Å². The van der Waals surface area contributed by atoms with E-state index in [1.165, 1.54) is 7.11 Å². The van der Waals surface area contributed by atoms with Crippen LogP contribution in [0, 0.1) is 5.41 Å². The first-order chi connectivity index (χ1) is 13.5. The fraction of sp³-hybridized carbons (Fsp3) is 0.500. The Balaban J connectivity index is 0.00000103. The number of hydrogen-bond donors (Lipinski definition) is 4. The van der Waals surface area contributed by atoms with Crippen LogP contribution in [-0.2, 0) is 20.8 Å². The third kappa shape index (κ3) is 8.46. The molecule has 170 valence electrons. The lowest BCUT2D eigenvalue weighted by Crippen LogP contribution is -2.52. The Hall–Kier alpha value is -2.53. The molecule has 0 fully saturated rings. The Bertz CT molecular complexity index is 771. The molecule has 1 aromatic carbocycles. The molecule has 1 amide bonds. The first kappa shape index (κ1) is 27.5. The van der Waals surface area contributed by atoms with Crippen LogP contribution in [-0.4, -0.2) is 53.4 Å². The molecular formula is C18H24ClF3N2O6. The summed E-state index contributed by atoms with van der Waals surface area (Å²) < 4.78 is 36.8. The molecule has 2 unspecified atom stereocenters. The van der Waals surface area contributed by atoms with Crippen molar-refractivity contribution < 1.29 is 42.5 Å². The molecule has 12 heteroatoms. The molecule has 0 aromatic heterocycles. The van der Waals surface area contributed by atoms with E-state index in [1.807, 2.05) is 0 Å². The number of nitrogens with two attached hydrogens (primary N) is 1. The van der Waals surface area contributed by atoms with Crippen LogP contribution in [0.5, 0.6) is 5.75 Å². The second kappa shape index (κ2) is 11.0. The predicted octanol–water partition coefficient (Wildman–Crippen LogP) is 2.47. The topological polar surface area (TPSA) is 139 Å². The highest BCUT2D eigenvalue weighted by molar-refractivity contribution is 6.32. The summed E-state index contributed by atoms with van der Waals surface area (Å²) in [6.07, 6.45) is -4.80. The van der Waals surface area contributed by atoms with E-state index in [-0.39, 0.29) is 6.42 Å². The Morgan fingerprint density at radius 2 is 1.70 bits per heavy atom. The van der Waals surface area contributed by atoms with Gasteiger partial charge < -0.3 is 26.0 Å². The van der Waals surface area contributed by atoms with Gasteiger partial charge in [0.2, 0.25) is 5.91 Å². The van der Waals surface area contributed by atoms with Crippen molar-refractivity contribution >= 4 is 29.4 Å². The molecule has 0 aliphatic heterocycles. The zero-order chi connectivity index (χ0) is 23.9. The number of carbonyl (C=O) groups is 3. The van der Waals surface area contributed by atoms with E-state index in [0.717, 1.165) is 5.56 Å². The smallest absolute Gasteiger partial charge is 0.490 e. The normalized spacial score (nSPS) is 13.4. The fourth-order valence-corrected chi connectivity index (χ4v) is 2.15. The van der Waals surface area contributed by atoms with Crippen molar-refractivity contribution in [2.24, 2.45) is 11.1 Å². The van der Waals surface area contributed by atoms with E-state index in [4.69, 9.17) is 37.1 Å². The van der Waals surface area contributed by atoms with E-state index >= 15 is 0 Å². The summed E-state index contributed by atoms with van der Waals surface area (Å²) in [5.74, 6) is -3.60. The van der Waals surface area contributed by atoms with Crippen LogP contribution < -0.4 is 15.8 Å². The quantitative estimate of drug-likeness (QED) is 0.494. The minimum Gasteiger partial charge on any atom is -0.495 e. The number of hydrogen-bond acceptors (Lipinski definition) is 5. The van der Waals surface area contributed by atoms with Gasteiger partial charge in [0.1, 0.15) is 5.75 Å². The number of carboxylic acids is 2. The number of methoxy groups -OCH3 is 1. The molecule has 0 saturated carbocycles. The summed E-state index contributed by atoms with van der Waals surface area (Å²) >= 11 is 6.04. The lowest BCUT2D eigenvalue weighted by Gasteiger charge is -2.29. The van der Waals surface area contributed by atoms with E-state index in [2.05, 4.69) is 5.32 Å². The number of carboxylic acid groups (broad SMARTS) is 2. The number of benzene rings is 1. The van der Waals surface area contributed by atoms with Gasteiger partial charge >= 0.3 is 18.1 Å². The molecule has 5 N–H and O–H groups in total. The third-order valence-electron chi connectivity index (χ3n) is 4.24. The van der Waals surface area contributed by atoms with Crippen molar-refractivity contribution in [1.29, 1.82) is 0 Å². The van der Waals surface area contributed by atoms with Crippen molar-refractivity contribution in [3.63, 3.8) is 0 Å². The highest BCUT2D eigenvalue weighted by atomic mass is 35.5. The SMILES string of the molecule is COc1ccc(CC(N)C(=O)NC(C)C(C)(C)C(=O)O)cc1Cl.O=C(O)C(F)(F)F. The Kier molecular flexibility index (Phi) is 10.1. The van der Waals surface area contributed by atoms with E-state index in [9.17, 15) is 22.8 Å². The van der Waals surface area contributed by atoms with Crippen LogP contribution in [0.4, 0.5) is 13.2 Å². The van der Waals surface area contributed by atoms with Crippen molar-refractivity contribution in [2.45, 2.75) is 45.5 Å². The number of halogens is 4. The van der Waals surface area contributed by atoms with Gasteiger partial charge in [0, 0.05) is 6.04 Å². The fourth-order valence-electron chi connectivity index (χ4n) is 1.87. The lowest BCUT2D eigenvalue weighted by molar-refractivity contribution is -0.192. The molecule has 0 radical (unpaired) electrons. The number of rotatable bonds is 7. The maximum Gasteiger partial charge on any atom is 0.490 e. The summed E-state index contributed by atoms with van der Waals surface area (Å²) in [5, 5.41) is 19.4. The number of alkyl halides is 3. The second-order valence-corrected chi connectivity index (χ2v) is 7.25. The van der Waals surface area contributed by atoms with E-state index < -0.39 is 41.5 Å². The van der Waals surface area contributed by atoms with Crippen molar-refractivity contribution in [3.05, 3.63) is 28.8 Å². The van der Waals surface area contributed by atoms with Crippen molar-refractivity contribution in [1.82, 2.24) is 5.32 Å². The van der Waals surface area contributed by atoms with Crippen LogP contribution in [0.15, 0.2) is 18.2 Å². The van der Waals surface area contributed by atoms with Gasteiger partial charge in [-0.3, -0.25) is 9.59 Å². The molecular weight excluding hydrogens is 433 g/mol. The summed E-state index contributed by atoms with van der Waals surface area (Å²) in [6.45, 7) is 4.74. The second-order valence-electron chi connectivity index (χ2n) is 6.84. The molecule has 30 heavy (non-hydrogen) atoms. The van der Waals surface area contributed by atoms with Crippen LogP contribution in [0.1, 0.15) is 26.3 Å². The Labute approximate surface area is 176 Å². The minimum atomic E-state index is -5.08. The Morgan fingerprint density at radius 3 is 2.07 bits per heavy atom. The molecule has 0 aliphatic rings. The highest BCUT2D eigenvalue weighted by Gasteiger charge is 2.38. The zero-order valence-electron chi connectivity index (χ0n) is 16.7. The zero-order valence-corrected chi connectivity index (χ0v) is 17.5. The molecule has 0 spiro atoms. The number of amides is 1. The monoisotopic (exact) mass is 456 g/mol. The van der Waals surface area contributed by atoms with Gasteiger partial charge in [0.25, 0.3) is 0 Å². The van der Waals surface area contributed by atoms with E-state index in [1.54, 1.807) is 39.0 Å². The van der Waals surface area contributed by atoms with Crippen LogP contribution >= 0.6 is 11.6 Å². The van der Waals surface area contributed by atoms with Gasteiger partial charge in [-0.15, -0.1) is 0 Å². The number of ether oxygens (including phenoxy) is 1. The molecule has 1 rings (SSSR count). The highest BCUT2D eigenvalue weighted by Crippen LogP contribution is 2.25. The Morgan fingerprint density at radius 1 is 1.20 bits per heavy atom. The van der Waals surface area contributed by atoms with Crippen LogP contribution in [0.2, 0.25) is 5.02 Å². The third-order valence-corrected chi connectivity index (χ3v) is 4.54. The van der Waals surface area contributed by atoms with Crippen molar-refractivity contribution in [2.75, 3.05) is 7.11 Å². The average Bonchev–Trinajstić information content (AvgIpc) is 2.61. The standard InChI is InChI=1S/C16H23ClN2O4.C2HF3O2/c1-9(16(2,3)15(21)22)19-14(20)12(18)8-10-5-6-13(23-4)11(17)7-10;3-2(4,5)1(6)7/h5-7,9,12H,8,18H2,1-4H3,(H,19,20)(H,21,22);(H,6,7). The molecule has 0 heterocycles. The summed E-state index contributed by atoms with van der Waals surface area (Å²) in [5.41, 5.74) is 5.61. The first-order valence-electron chi connectivity index (χ1n) is 8.45. The van der Waals surface area contributed by atoms with Gasteiger partial charge in [-0.05, 0) is 44.9 Å². The number of aliphatic carboxylic acids is 2. The average molecular weight is 457 g/mol.